The molecule has 2 unspecified atom stereocenters. The average Bonchev–Trinajstić information content (AvgIpc) is 3.30. The van der Waals surface area contributed by atoms with Gasteiger partial charge in [-0.05, 0) is 30.0 Å². The first-order valence-electron chi connectivity index (χ1n) is 8.49. The molecule has 6 nitrogen and oxygen atoms in total. The summed E-state index contributed by atoms with van der Waals surface area (Å²) in [5.74, 6) is 0.113. The first-order chi connectivity index (χ1) is 11.7. The van der Waals surface area contributed by atoms with E-state index in [2.05, 4.69) is 47.1 Å². The second kappa shape index (κ2) is 7.59. The minimum atomic E-state index is -0.191. The molecule has 1 amide bonds. The van der Waals surface area contributed by atoms with Crippen molar-refractivity contribution >= 4 is 5.91 Å². The van der Waals surface area contributed by atoms with E-state index in [1.165, 1.54) is 11.1 Å². The number of hydrogen-bond donors (Lipinski definition) is 2. The van der Waals surface area contributed by atoms with Gasteiger partial charge in [-0.15, -0.1) is 0 Å². The minimum Gasteiger partial charge on any atom is -0.343 e. The van der Waals surface area contributed by atoms with Gasteiger partial charge < -0.3 is 4.90 Å². The Labute approximate surface area is 142 Å². The number of carbonyl (C=O) groups is 1. The van der Waals surface area contributed by atoms with Crippen LogP contribution in [0.2, 0.25) is 0 Å². The molecule has 128 valence electrons. The number of carbonyl (C=O) groups excluding carboxylic acids is 1. The molecule has 1 fully saturated rings. The largest absolute Gasteiger partial charge is 0.343 e. The first kappa shape index (κ1) is 16.7. The van der Waals surface area contributed by atoms with Crippen LogP contribution in [0.3, 0.4) is 0 Å². The van der Waals surface area contributed by atoms with Crippen molar-refractivity contribution in [2.45, 2.75) is 38.4 Å². The van der Waals surface area contributed by atoms with Crippen molar-refractivity contribution in [2.24, 2.45) is 0 Å². The Balaban J connectivity index is 1.52. The topological polar surface area (TPSA) is 62.2 Å². The molecule has 2 atom stereocenters. The monoisotopic (exact) mass is 327 g/mol. The molecule has 6 heteroatoms. The second-order valence-corrected chi connectivity index (χ2v) is 6.25. The van der Waals surface area contributed by atoms with E-state index in [1.807, 2.05) is 24.0 Å². The summed E-state index contributed by atoms with van der Waals surface area (Å²) < 4.78 is 1.84. The highest BCUT2D eigenvalue weighted by atomic mass is 16.2. The Hall–Kier alpha value is -2.18. The molecule has 0 saturated carbocycles. The van der Waals surface area contributed by atoms with Crippen LogP contribution < -0.4 is 10.9 Å². The molecular formula is C18H25N5O. The van der Waals surface area contributed by atoms with Crippen LogP contribution in [0.15, 0.2) is 42.7 Å². The highest BCUT2D eigenvalue weighted by Gasteiger charge is 2.31. The molecule has 1 aromatic heterocycles. The fraction of sp³-hybridized carbons (Fsp3) is 0.444. The molecule has 2 aromatic rings. The number of amides is 1. The number of hydrogen-bond acceptors (Lipinski definition) is 4. The maximum absolute atomic E-state index is 12.6. The van der Waals surface area contributed by atoms with Crippen molar-refractivity contribution in [1.82, 2.24) is 25.5 Å². The quantitative estimate of drug-likeness (QED) is 0.844. The Kier molecular flexibility index (Phi) is 5.27. The number of aromatic nitrogens is 2. The lowest BCUT2D eigenvalue weighted by Gasteiger charge is -2.20. The molecule has 2 heterocycles. The van der Waals surface area contributed by atoms with Crippen molar-refractivity contribution in [3.8, 4) is 0 Å². The van der Waals surface area contributed by atoms with Gasteiger partial charge in [0.1, 0.15) is 6.04 Å². The van der Waals surface area contributed by atoms with E-state index in [4.69, 9.17) is 0 Å². The highest BCUT2D eigenvalue weighted by molar-refractivity contribution is 5.82. The number of aryl methyl sites for hydroxylation is 1. The zero-order chi connectivity index (χ0) is 16.9. The van der Waals surface area contributed by atoms with E-state index in [0.717, 1.165) is 12.8 Å². The van der Waals surface area contributed by atoms with Gasteiger partial charge in [-0.3, -0.25) is 9.48 Å². The Morgan fingerprint density at radius 2 is 2.12 bits per heavy atom. The van der Waals surface area contributed by atoms with Gasteiger partial charge in [0.25, 0.3) is 0 Å². The SMILES string of the molecule is CCc1ccc(C2CC(C(=O)N(C)CCn3cccn3)NN2)cc1. The van der Waals surface area contributed by atoms with E-state index >= 15 is 0 Å². The van der Waals surface area contributed by atoms with Crippen LogP contribution in [-0.2, 0) is 17.8 Å². The third kappa shape index (κ3) is 3.83. The summed E-state index contributed by atoms with van der Waals surface area (Å²) in [5.41, 5.74) is 8.94. The number of benzene rings is 1. The standard InChI is InChI=1S/C18H25N5O/c1-3-14-5-7-15(8-6-14)16-13-17(21-20-16)18(24)22(2)11-12-23-10-4-9-19-23/h4-10,16-17,20-21H,3,11-13H2,1-2H3. The third-order valence-corrected chi connectivity index (χ3v) is 4.59. The molecule has 1 aliphatic heterocycles. The second-order valence-electron chi connectivity index (χ2n) is 6.25. The van der Waals surface area contributed by atoms with Gasteiger partial charge in [-0.25, -0.2) is 10.9 Å². The number of likely N-dealkylation sites (N-methyl/N-ethyl adjacent to an activating group) is 1. The van der Waals surface area contributed by atoms with Crippen LogP contribution in [0, 0.1) is 0 Å². The summed E-state index contributed by atoms with van der Waals surface area (Å²) in [6.45, 7) is 3.50. The lowest BCUT2D eigenvalue weighted by molar-refractivity contribution is -0.132. The lowest BCUT2D eigenvalue weighted by atomic mass is 10.00. The zero-order valence-electron chi connectivity index (χ0n) is 14.3. The summed E-state index contributed by atoms with van der Waals surface area (Å²) in [6.07, 6.45) is 5.46. The maximum Gasteiger partial charge on any atom is 0.240 e. The third-order valence-electron chi connectivity index (χ3n) is 4.59. The highest BCUT2D eigenvalue weighted by Crippen LogP contribution is 2.23. The summed E-state index contributed by atoms with van der Waals surface area (Å²) >= 11 is 0. The summed E-state index contributed by atoms with van der Waals surface area (Å²) in [4.78, 5) is 14.3. The van der Waals surface area contributed by atoms with E-state index in [9.17, 15) is 4.79 Å². The van der Waals surface area contributed by atoms with Gasteiger partial charge in [0.05, 0.1) is 6.54 Å². The van der Waals surface area contributed by atoms with Crippen molar-refractivity contribution in [1.29, 1.82) is 0 Å². The summed E-state index contributed by atoms with van der Waals surface area (Å²) in [6, 6.07) is 10.5. The fourth-order valence-electron chi connectivity index (χ4n) is 2.98. The molecule has 1 aliphatic rings. The predicted molar refractivity (Wildman–Crippen MR) is 93.1 cm³/mol. The van der Waals surface area contributed by atoms with Crippen LogP contribution in [0.25, 0.3) is 0 Å². The van der Waals surface area contributed by atoms with E-state index in [1.54, 1.807) is 11.1 Å². The van der Waals surface area contributed by atoms with Crippen LogP contribution in [0.5, 0.6) is 0 Å². The molecule has 0 bridgehead atoms. The van der Waals surface area contributed by atoms with Crippen LogP contribution in [0.4, 0.5) is 0 Å². The Morgan fingerprint density at radius 3 is 2.79 bits per heavy atom. The maximum atomic E-state index is 12.6. The number of nitrogens with zero attached hydrogens (tertiary/aromatic N) is 3. The smallest absolute Gasteiger partial charge is 0.240 e. The van der Waals surface area contributed by atoms with Gasteiger partial charge in [0.15, 0.2) is 0 Å². The molecule has 0 spiro atoms. The molecule has 1 saturated heterocycles. The van der Waals surface area contributed by atoms with Gasteiger partial charge in [0, 0.05) is 32.0 Å². The van der Waals surface area contributed by atoms with Crippen LogP contribution >= 0.6 is 0 Å². The van der Waals surface area contributed by atoms with Gasteiger partial charge in [-0.1, -0.05) is 31.2 Å². The van der Waals surface area contributed by atoms with Gasteiger partial charge in [-0.2, -0.15) is 5.10 Å². The number of rotatable bonds is 6. The van der Waals surface area contributed by atoms with E-state index in [0.29, 0.717) is 13.1 Å². The molecule has 3 rings (SSSR count). The van der Waals surface area contributed by atoms with Gasteiger partial charge >= 0.3 is 0 Å². The fourth-order valence-corrected chi connectivity index (χ4v) is 2.98. The van der Waals surface area contributed by atoms with Crippen molar-refractivity contribution < 1.29 is 4.79 Å². The molecule has 24 heavy (non-hydrogen) atoms. The van der Waals surface area contributed by atoms with Crippen molar-refractivity contribution in [2.75, 3.05) is 13.6 Å². The Bertz CT molecular complexity index is 653. The molecule has 1 aromatic carbocycles. The molecule has 0 aliphatic carbocycles. The average molecular weight is 327 g/mol. The van der Waals surface area contributed by atoms with Crippen molar-refractivity contribution in [3.63, 3.8) is 0 Å². The predicted octanol–water partition coefficient (Wildman–Crippen LogP) is 1.51. The number of hydrazine groups is 1. The first-order valence-corrected chi connectivity index (χ1v) is 8.49. The zero-order valence-corrected chi connectivity index (χ0v) is 14.3. The molecule has 0 radical (unpaired) electrons. The summed E-state index contributed by atoms with van der Waals surface area (Å²) in [7, 11) is 1.84. The van der Waals surface area contributed by atoms with E-state index in [-0.39, 0.29) is 18.0 Å². The summed E-state index contributed by atoms with van der Waals surface area (Å²) in [5, 5.41) is 4.16. The minimum absolute atomic E-state index is 0.113. The van der Waals surface area contributed by atoms with E-state index < -0.39 is 0 Å². The van der Waals surface area contributed by atoms with Crippen LogP contribution in [-0.4, -0.2) is 40.2 Å². The normalized spacial score (nSPS) is 20.2. The van der Waals surface area contributed by atoms with Crippen molar-refractivity contribution in [3.05, 3.63) is 53.9 Å². The number of nitrogens with one attached hydrogen (secondary N) is 2. The van der Waals surface area contributed by atoms with Gasteiger partial charge in [0.2, 0.25) is 5.91 Å². The molecule has 2 N–H and O–H groups in total. The Morgan fingerprint density at radius 1 is 1.33 bits per heavy atom. The molecular weight excluding hydrogens is 302 g/mol. The lowest BCUT2D eigenvalue weighted by Crippen LogP contribution is -2.44. The van der Waals surface area contributed by atoms with Crippen LogP contribution in [0.1, 0.15) is 30.5 Å².